The quantitative estimate of drug-likeness (QED) is 0.692. The maximum absolute atomic E-state index is 12.2. The van der Waals surface area contributed by atoms with E-state index < -0.39 is 9.84 Å². The SMILES string of the molecule is COC1CCCN(Cc2cnc(S(C)(=O)=O)n2CCCc2ccccc2)C1. The molecule has 1 atom stereocenters. The number of sulfone groups is 1. The molecule has 0 spiro atoms. The van der Waals surface area contributed by atoms with E-state index in [-0.39, 0.29) is 11.3 Å². The van der Waals surface area contributed by atoms with Gasteiger partial charge in [-0.05, 0) is 37.8 Å². The van der Waals surface area contributed by atoms with Crippen LogP contribution in [0.3, 0.4) is 0 Å². The van der Waals surface area contributed by atoms with Gasteiger partial charge >= 0.3 is 0 Å². The molecular formula is C20H29N3O3S. The van der Waals surface area contributed by atoms with E-state index in [2.05, 4.69) is 22.0 Å². The predicted molar refractivity (Wildman–Crippen MR) is 105 cm³/mol. The van der Waals surface area contributed by atoms with Gasteiger partial charge in [0.05, 0.1) is 18.0 Å². The van der Waals surface area contributed by atoms with E-state index in [0.29, 0.717) is 13.1 Å². The van der Waals surface area contributed by atoms with Gasteiger partial charge < -0.3 is 9.30 Å². The largest absolute Gasteiger partial charge is 0.380 e. The lowest BCUT2D eigenvalue weighted by Gasteiger charge is -2.31. The molecule has 0 aliphatic carbocycles. The molecule has 2 aromatic rings. The number of aryl methyl sites for hydroxylation is 1. The van der Waals surface area contributed by atoms with E-state index in [0.717, 1.165) is 44.5 Å². The minimum absolute atomic E-state index is 0.172. The van der Waals surface area contributed by atoms with Crippen molar-refractivity contribution in [1.29, 1.82) is 0 Å². The van der Waals surface area contributed by atoms with Crippen molar-refractivity contribution >= 4 is 9.84 Å². The predicted octanol–water partition coefficient (Wildman–Crippen LogP) is 2.53. The number of imidazole rings is 1. The summed E-state index contributed by atoms with van der Waals surface area (Å²) in [4.78, 5) is 6.56. The van der Waals surface area contributed by atoms with Crippen molar-refractivity contribution in [3.05, 3.63) is 47.8 Å². The van der Waals surface area contributed by atoms with E-state index in [4.69, 9.17) is 4.74 Å². The van der Waals surface area contributed by atoms with Crippen molar-refractivity contribution in [1.82, 2.24) is 14.5 Å². The number of likely N-dealkylation sites (tertiary alicyclic amines) is 1. The van der Waals surface area contributed by atoms with Gasteiger partial charge in [-0.25, -0.2) is 13.4 Å². The van der Waals surface area contributed by atoms with Crippen LogP contribution in [0.15, 0.2) is 41.7 Å². The second-order valence-corrected chi connectivity index (χ2v) is 9.19. The minimum Gasteiger partial charge on any atom is -0.380 e. The van der Waals surface area contributed by atoms with Crippen LogP contribution in [0, 0.1) is 0 Å². The van der Waals surface area contributed by atoms with Gasteiger partial charge in [-0.15, -0.1) is 0 Å². The maximum atomic E-state index is 12.2. The number of hydrogen-bond acceptors (Lipinski definition) is 5. The van der Waals surface area contributed by atoms with Crippen LogP contribution in [0.5, 0.6) is 0 Å². The second kappa shape index (κ2) is 8.99. The van der Waals surface area contributed by atoms with E-state index in [1.54, 1.807) is 13.3 Å². The van der Waals surface area contributed by atoms with E-state index in [1.807, 2.05) is 22.8 Å². The third-order valence-electron chi connectivity index (χ3n) is 5.10. The van der Waals surface area contributed by atoms with Crippen LogP contribution in [-0.2, 0) is 34.1 Å². The molecule has 2 heterocycles. The zero-order valence-corrected chi connectivity index (χ0v) is 17.0. The lowest BCUT2D eigenvalue weighted by Crippen LogP contribution is -2.39. The molecule has 6 nitrogen and oxygen atoms in total. The molecule has 1 unspecified atom stereocenters. The molecule has 148 valence electrons. The number of aromatic nitrogens is 2. The first kappa shape index (κ1) is 20.0. The average molecular weight is 392 g/mol. The summed E-state index contributed by atoms with van der Waals surface area (Å²) in [5.41, 5.74) is 2.22. The summed E-state index contributed by atoms with van der Waals surface area (Å²) < 4.78 is 31.7. The second-order valence-electron chi connectivity index (χ2n) is 7.28. The molecule has 1 saturated heterocycles. The molecule has 0 amide bonds. The molecule has 7 heteroatoms. The molecule has 1 fully saturated rings. The Morgan fingerprint density at radius 3 is 2.74 bits per heavy atom. The van der Waals surface area contributed by atoms with Gasteiger partial charge in [0.25, 0.3) is 0 Å². The van der Waals surface area contributed by atoms with Crippen molar-refractivity contribution in [3.8, 4) is 0 Å². The Balaban J connectivity index is 1.72. The molecule has 0 N–H and O–H groups in total. The molecule has 0 bridgehead atoms. The van der Waals surface area contributed by atoms with Crippen LogP contribution in [0.1, 0.15) is 30.5 Å². The van der Waals surface area contributed by atoms with Crippen molar-refractivity contribution in [2.45, 2.75) is 50.0 Å². The maximum Gasteiger partial charge on any atom is 0.227 e. The third-order valence-corrected chi connectivity index (χ3v) is 6.09. The van der Waals surface area contributed by atoms with E-state index in [1.165, 1.54) is 11.8 Å². The Labute approximate surface area is 162 Å². The molecule has 1 aliphatic rings. The lowest BCUT2D eigenvalue weighted by molar-refractivity contribution is 0.0277. The molecule has 1 aromatic carbocycles. The van der Waals surface area contributed by atoms with Crippen LogP contribution in [0.2, 0.25) is 0 Å². The summed E-state index contributed by atoms with van der Waals surface area (Å²) in [6.45, 7) is 3.23. The number of rotatable bonds is 8. The van der Waals surface area contributed by atoms with E-state index >= 15 is 0 Å². The number of piperidine rings is 1. The molecule has 3 rings (SSSR count). The summed E-state index contributed by atoms with van der Waals surface area (Å²) in [6, 6.07) is 10.3. The van der Waals surface area contributed by atoms with Crippen LogP contribution < -0.4 is 0 Å². The Bertz CT molecular complexity index is 833. The van der Waals surface area contributed by atoms with Gasteiger partial charge in [0.2, 0.25) is 15.0 Å². The monoisotopic (exact) mass is 391 g/mol. The summed E-state index contributed by atoms with van der Waals surface area (Å²) in [5, 5.41) is 0.172. The van der Waals surface area contributed by atoms with Crippen LogP contribution >= 0.6 is 0 Å². The Kier molecular flexibility index (Phi) is 6.68. The highest BCUT2D eigenvalue weighted by Crippen LogP contribution is 2.19. The summed E-state index contributed by atoms with van der Waals surface area (Å²) in [5.74, 6) is 0. The van der Waals surface area contributed by atoms with Gasteiger partial charge in [0.15, 0.2) is 0 Å². The summed E-state index contributed by atoms with van der Waals surface area (Å²) in [7, 11) is -1.60. The van der Waals surface area contributed by atoms with Gasteiger partial charge in [-0.1, -0.05) is 30.3 Å². The topological polar surface area (TPSA) is 64.4 Å². The molecule has 1 aromatic heterocycles. The van der Waals surface area contributed by atoms with Crippen LogP contribution in [-0.4, -0.2) is 55.4 Å². The van der Waals surface area contributed by atoms with Gasteiger partial charge in [-0.3, -0.25) is 4.90 Å². The minimum atomic E-state index is -3.36. The normalized spacial score (nSPS) is 18.7. The van der Waals surface area contributed by atoms with Crippen molar-refractivity contribution in [3.63, 3.8) is 0 Å². The zero-order chi connectivity index (χ0) is 19.3. The highest BCUT2D eigenvalue weighted by atomic mass is 32.2. The van der Waals surface area contributed by atoms with Gasteiger partial charge in [0, 0.05) is 33.0 Å². The Morgan fingerprint density at radius 1 is 1.26 bits per heavy atom. The number of methoxy groups -OCH3 is 1. The number of ether oxygens (including phenoxy) is 1. The molecular weight excluding hydrogens is 362 g/mol. The highest BCUT2D eigenvalue weighted by Gasteiger charge is 2.23. The van der Waals surface area contributed by atoms with Crippen LogP contribution in [0.25, 0.3) is 0 Å². The van der Waals surface area contributed by atoms with Crippen molar-refractivity contribution < 1.29 is 13.2 Å². The molecule has 27 heavy (non-hydrogen) atoms. The summed E-state index contributed by atoms with van der Waals surface area (Å²) >= 11 is 0. The number of nitrogens with zero attached hydrogens (tertiary/aromatic N) is 3. The van der Waals surface area contributed by atoms with Crippen LogP contribution in [0.4, 0.5) is 0 Å². The summed E-state index contributed by atoms with van der Waals surface area (Å²) in [6.07, 6.45) is 7.16. The van der Waals surface area contributed by atoms with Crippen molar-refractivity contribution in [2.75, 3.05) is 26.5 Å². The molecule has 0 saturated carbocycles. The lowest BCUT2D eigenvalue weighted by atomic mass is 10.1. The number of benzene rings is 1. The number of hydrogen-bond donors (Lipinski definition) is 0. The third kappa shape index (κ3) is 5.40. The highest BCUT2D eigenvalue weighted by molar-refractivity contribution is 7.90. The Hall–Kier alpha value is -1.70. The first-order valence-electron chi connectivity index (χ1n) is 9.51. The zero-order valence-electron chi connectivity index (χ0n) is 16.2. The van der Waals surface area contributed by atoms with Crippen molar-refractivity contribution in [2.24, 2.45) is 0 Å². The fourth-order valence-electron chi connectivity index (χ4n) is 3.72. The molecule has 0 radical (unpaired) electrons. The first-order chi connectivity index (χ1) is 13.0. The standard InChI is InChI=1S/C20H29N3O3S/c1-26-19-11-7-12-22(16-19)15-18-14-21-20(27(2,24)25)23(18)13-6-10-17-8-4-3-5-9-17/h3-5,8-9,14,19H,6-7,10-13,15-16H2,1-2H3. The average Bonchev–Trinajstić information content (AvgIpc) is 3.06. The van der Waals surface area contributed by atoms with Gasteiger partial charge in [0.1, 0.15) is 0 Å². The Morgan fingerprint density at radius 2 is 2.04 bits per heavy atom. The van der Waals surface area contributed by atoms with Gasteiger partial charge in [-0.2, -0.15) is 0 Å². The smallest absolute Gasteiger partial charge is 0.227 e. The first-order valence-corrected chi connectivity index (χ1v) is 11.4. The molecule has 1 aliphatic heterocycles. The fraction of sp³-hybridized carbons (Fsp3) is 0.550. The van der Waals surface area contributed by atoms with E-state index in [9.17, 15) is 8.42 Å². The fourth-order valence-corrected chi connectivity index (χ4v) is 4.57.